The molecule has 0 unspecified atom stereocenters. The van der Waals surface area contributed by atoms with Crippen LogP contribution in [0.5, 0.6) is 5.75 Å². The van der Waals surface area contributed by atoms with E-state index in [4.69, 9.17) is 9.52 Å². The maximum atomic E-state index is 10.8. The van der Waals surface area contributed by atoms with Crippen LogP contribution in [0.1, 0.15) is 25.5 Å². The third-order valence-electron chi connectivity index (χ3n) is 1.41. The summed E-state index contributed by atoms with van der Waals surface area (Å²) in [6, 6.07) is 1.20. The van der Waals surface area contributed by atoms with Gasteiger partial charge in [-0.15, -0.1) is 0 Å². The van der Waals surface area contributed by atoms with Crippen molar-refractivity contribution in [3.05, 3.63) is 28.3 Å². The average Bonchev–Trinajstić information content (AvgIpc) is 1.94. The molecule has 0 saturated carbocycles. The second kappa shape index (κ2) is 2.78. The Labute approximate surface area is 64.3 Å². The predicted octanol–water partition coefficient (Wildman–Crippen LogP) is 1.47. The van der Waals surface area contributed by atoms with Crippen LogP contribution in [0.25, 0.3) is 0 Å². The molecule has 11 heavy (non-hydrogen) atoms. The van der Waals surface area contributed by atoms with Crippen molar-refractivity contribution in [2.45, 2.75) is 19.8 Å². The molecule has 0 aromatic carbocycles. The van der Waals surface area contributed by atoms with Gasteiger partial charge in [0.25, 0.3) is 0 Å². The van der Waals surface area contributed by atoms with Crippen molar-refractivity contribution in [1.82, 2.24) is 0 Å². The minimum absolute atomic E-state index is 0.0314. The number of hydrogen-bond donors (Lipinski definition) is 1. The third kappa shape index (κ3) is 1.42. The van der Waals surface area contributed by atoms with Gasteiger partial charge in [-0.05, 0) is 0 Å². The Hall–Kier alpha value is -1.25. The molecule has 0 aliphatic rings. The van der Waals surface area contributed by atoms with Crippen molar-refractivity contribution in [3.8, 4) is 5.75 Å². The fraction of sp³-hybridized carbons (Fsp3) is 0.375. The van der Waals surface area contributed by atoms with Gasteiger partial charge >= 0.3 is 0 Å². The first-order valence-corrected chi connectivity index (χ1v) is 3.43. The highest BCUT2D eigenvalue weighted by Gasteiger charge is 2.10. The highest BCUT2D eigenvalue weighted by Crippen LogP contribution is 2.20. The minimum atomic E-state index is -0.389. The summed E-state index contributed by atoms with van der Waals surface area (Å²) in [6.07, 6.45) is 1.29. The summed E-state index contributed by atoms with van der Waals surface area (Å²) >= 11 is 0. The van der Waals surface area contributed by atoms with E-state index < -0.39 is 0 Å². The molecule has 1 heterocycles. The Bertz CT molecular complexity index is 298. The zero-order valence-corrected chi connectivity index (χ0v) is 6.50. The molecule has 0 fully saturated rings. The second-order valence-corrected chi connectivity index (χ2v) is 2.65. The molecule has 0 aliphatic heterocycles. The molecule has 3 nitrogen and oxygen atoms in total. The summed E-state index contributed by atoms with van der Waals surface area (Å²) in [5.41, 5.74) is -0.389. The van der Waals surface area contributed by atoms with Gasteiger partial charge in [-0.2, -0.15) is 0 Å². The predicted molar refractivity (Wildman–Crippen MR) is 40.7 cm³/mol. The van der Waals surface area contributed by atoms with E-state index in [-0.39, 0.29) is 17.1 Å². The zero-order chi connectivity index (χ0) is 8.43. The van der Waals surface area contributed by atoms with Crippen molar-refractivity contribution in [1.29, 1.82) is 0 Å². The SMILES string of the molecule is CC(C)c1occc(=O)c1O. The maximum absolute atomic E-state index is 10.8. The van der Waals surface area contributed by atoms with Crippen LogP contribution in [0.4, 0.5) is 0 Å². The van der Waals surface area contributed by atoms with Gasteiger partial charge < -0.3 is 9.52 Å². The van der Waals surface area contributed by atoms with E-state index in [2.05, 4.69) is 0 Å². The number of rotatable bonds is 1. The Morgan fingerprint density at radius 1 is 1.55 bits per heavy atom. The van der Waals surface area contributed by atoms with Crippen molar-refractivity contribution < 1.29 is 9.52 Å². The van der Waals surface area contributed by atoms with Crippen LogP contribution in [0, 0.1) is 0 Å². The first kappa shape index (κ1) is 7.85. The van der Waals surface area contributed by atoms with Crippen LogP contribution in [-0.2, 0) is 0 Å². The molecule has 0 atom stereocenters. The number of hydrogen-bond acceptors (Lipinski definition) is 3. The van der Waals surface area contributed by atoms with Crippen LogP contribution < -0.4 is 5.43 Å². The van der Waals surface area contributed by atoms with Gasteiger partial charge in [0, 0.05) is 12.0 Å². The lowest BCUT2D eigenvalue weighted by molar-refractivity contribution is 0.388. The summed E-state index contributed by atoms with van der Waals surface area (Å²) < 4.78 is 4.95. The second-order valence-electron chi connectivity index (χ2n) is 2.65. The first-order valence-electron chi connectivity index (χ1n) is 3.43. The van der Waals surface area contributed by atoms with E-state index in [1.807, 2.05) is 13.8 Å². The molecule has 3 heteroatoms. The highest BCUT2D eigenvalue weighted by atomic mass is 16.4. The van der Waals surface area contributed by atoms with Gasteiger partial charge in [0.05, 0.1) is 6.26 Å². The van der Waals surface area contributed by atoms with Crippen molar-refractivity contribution in [2.75, 3.05) is 0 Å². The zero-order valence-electron chi connectivity index (χ0n) is 6.50. The van der Waals surface area contributed by atoms with Crippen LogP contribution >= 0.6 is 0 Å². The van der Waals surface area contributed by atoms with Crippen molar-refractivity contribution in [3.63, 3.8) is 0 Å². The maximum Gasteiger partial charge on any atom is 0.226 e. The molecule has 60 valence electrons. The van der Waals surface area contributed by atoms with Crippen LogP contribution in [0.15, 0.2) is 21.5 Å². The monoisotopic (exact) mass is 154 g/mol. The van der Waals surface area contributed by atoms with Gasteiger partial charge in [0.15, 0.2) is 5.76 Å². The molecule has 1 rings (SSSR count). The molecule has 1 aromatic heterocycles. The summed E-state index contributed by atoms with van der Waals surface area (Å²) in [4.78, 5) is 10.8. The van der Waals surface area contributed by atoms with Crippen molar-refractivity contribution >= 4 is 0 Å². The topological polar surface area (TPSA) is 50.4 Å². The fourth-order valence-corrected chi connectivity index (χ4v) is 0.835. The molecule has 0 aliphatic carbocycles. The Balaban J connectivity index is 3.28. The van der Waals surface area contributed by atoms with Crippen molar-refractivity contribution in [2.24, 2.45) is 0 Å². The molecule has 0 spiro atoms. The normalized spacial score (nSPS) is 10.5. The van der Waals surface area contributed by atoms with E-state index in [0.717, 1.165) is 0 Å². The number of aromatic hydroxyl groups is 1. The smallest absolute Gasteiger partial charge is 0.226 e. The Kier molecular flexibility index (Phi) is 1.98. The molecule has 0 bridgehead atoms. The standard InChI is InChI=1S/C8H10O3/c1-5(2)8-7(10)6(9)3-4-11-8/h3-5,10H,1-2H3. The van der Waals surface area contributed by atoms with Gasteiger partial charge in [-0.1, -0.05) is 13.8 Å². The van der Waals surface area contributed by atoms with Crippen LogP contribution in [-0.4, -0.2) is 5.11 Å². The van der Waals surface area contributed by atoms with E-state index in [1.165, 1.54) is 12.3 Å². The largest absolute Gasteiger partial charge is 0.502 e. The summed E-state index contributed by atoms with van der Waals surface area (Å²) in [7, 11) is 0. The fourth-order valence-electron chi connectivity index (χ4n) is 0.835. The summed E-state index contributed by atoms with van der Waals surface area (Å²) in [5, 5.41) is 9.16. The quantitative estimate of drug-likeness (QED) is 0.666. The molecule has 0 amide bonds. The lowest BCUT2D eigenvalue weighted by Crippen LogP contribution is -2.01. The molecule has 0 saturated heterocycles. The van der Waals surface area contributed by atoms with Crippen LogP contribution in [0.3, 0.4) is 0 Å². The lowest BCUT2D eigenvalue weighted by Gasteiger charge is -2.03. The van der Waals surface area contributed by atoms with Gasteiger partial charge in [-0.25, -0.2) is 0 Å². The third-order valence-corrected chi connectivity index (χ3v) is 1.41. The van der Waals surface area contributed by atoms with E-state index in [9.17, 15) is 4.79 Å². The Morgan fingerprint density at radius 3 is 2.64 bits per heavy atom. The van der Waals surface area contributed by atoms with Gasteiger partial charge in [0.2, 0.25) is 11.2 Å². The summed E-state index contributed by atoms with van der Waals surface area (Å²) in [5.74, 6) is 0.101. The molecule has 1 aromatic rings. The highest BCUT2D eigenvalue weighted by molar-refractivity contribution is 5.24. The minimum Gasteiger partial charge on any atom is -0.502 e. The van der Waals surface area contributed by atoms with Gasteiger partial charge in [0.1, 0.15) is 0 Å². The van der Waals surface area contributed by atoms with E-state index in [0.29, 0.717) is 5.76 Å². The van der Waals surface area contributed by atoms with Gasteiger partial charge in [-0.3, -0.25) is 4.79 Å². The van der Waals surface area contributed by atoms with E-state index in [1.54, 1.807) is 0 Å². The molecule has 0 radical (unpaired) electrons. The summed E-state index contributed by atoms with van der Waals surface area (Å²) in [6.45, 7) is 3.69. The molecular formula is C8H10O3. The molecule has 1 N–H and O–H groups in total. The van der Waals surface area contributed by atoms with E-state index >= 15 is 0 Å². The first-order chi connectivity index (χ1) is 5.13. The molecular weight excluding hydrogens is 144 g/mol. The Morgan fingerprint density at radius 2 is 2.18 bits per heavy atom. The average molecular weight is 154 g/mol. The lowest BCUT2D eigenvalue weighted by atomic mass is 10.1. The van der Waals surface area contributed by atoms with Crippen LogP contribution in [0.2, 0.25) is 0 Å².